The molecule has 0 spiro atoms. The Kier molecular flexibility index (Phi) is 4.28. The number of rotatable bonds is 3. The van der Waals surface area contributed by atoms with Gasteiger partial charge in [0.05, 0.1) is 0 Å². The first-order valence-corrected chi connectivity index (χ1v) is 7.26. The molecule has 1 aliphatic heterocycles. The van der Waals surface area contributed by atoms with E-state index in [4.69, 9.17) is 0 Å². The van der Waals surface area contributed by atoms with Gasteiger partial charge in [0.25, 0.3) is 0 Å². The first-order valence-electron chi connectivity index (χ1n) is 7.26. The van der Waals surface area contributed by atoms with Crippen LogP contribution in [0.25, 0.3) is 0 Å². The second-order valence-electron chi connectivity index (χ2n) is 6.92. The average Bonchev–Trinajstić information content (AvgIpc) is 2.77. The van der Waals surface area contributed by atoms with Gasteiger partial charge < -0.3 is 4.90 Å². The zero-order valence-electron chi connectivity index (χ0n) is 12.4. The van der Waals surface area contributed by atoms with Crippen LogP contribution < -0.4 is 0 Å². The highest BCUT2D eigenvalue weighted by atomic mass is 16.2. The second kappa shape index (κ2) is 5.77. The maximum absolute atomic E-state index is 12.2. The Hall–Kier alpha value is -1.31. The number of carbonyl (C=O) groups is 1. The van der Waals surface area contributed by atoms with Crippen LogP contribution in [0.5, 0.6) is 0 Å². The van der Waals surface area contributed by atoms with Crippen molar-refractivity contribution in [2.24, 2.45) is 11.3 Å². The highest BCUT2D eigenvalue weighted by Crippen LogP contribution is 2.25. The molecule has 2 rings (SSSR count). The van der Waals surface area contributed by atoms with Crippen molar-refractivity contribution in [2.75, 3.05) is 13.1 Å². The lowest BCUT2D eigenvalue weighted by Crippen LogP contribution is -2.31. The number of benzene rings is 1. The van der Waals surface area contributed by atoms with Crippen molar-refractivity contribution in [1.29, 1.82) is 0 Å². The number of nitrogens with zero attached hydrogens (tertiary/aromatic N) is 1. The zero-order valence-corrected chi connectivity index (χ0v) is 12.4. The Morgan fingerprint density at radius 1 is 1.26 bits per heavy atom. The fourth-order valence-electron chi connectivity index (χ4n) is 2.74. The molecular weight excluding hydrogens is 234 g/mol. The lowest BCUT2D eigenvalue weighted by molar-refractivity contribution is -0.132. The van der Waals surface area contributed by atoms with Gasteiger partial charge in [-0.05, 0) is 29.7 Å². The third-order valence-corrected chi connectivity index (χ3v) is 3.69. The van der Waals surface area contributed by atoms with E-state index < -0.39 is 0 Å². The fraction of sp³-hybridized carbons (Fsp3) is 0.588. The Bertz CT molecular complexity index is 419. The van der Waals surface area contributed by atoms with E-state index in [2.05, 4.69) is 56.0 Å². The molecule has 1 unspecified atom stereocenters. The maximum Gasteiger partial charge on any atom is 0.223 e. The van der Waals surface area contributed by atoms with Crippen LogP contribution in [0, 0.1) is 11.3 Å². The summed E-state index contributed by atoms with van der Waals surface area (Å²) >= 11 is 0. The van der Waals surface area contributed by atoms with Gasteiger partial charge >= 0.3 is 0 Å². The summed E-state index contributed by atoms with van der Waals surface area (Å²) in [5, 5.41) is 0. The van der Waals surface area contributed by atoms with E-state index in [0.29, 0.717) is 18.2 Å². The van der Waals surface area contributed by atoms with Gasteiger partial charge in [-0.15, -0.1) is 0 Å². The van der Waals surface area contributed by atoms with Crippen molar-refractivity contribution in [2.45, 2.75) is 40.0 Å². The molecule has 1 aliphatic rings. The van der Waals surface area contributed by atoms with Crippen LogP contribution in [-0.2, 0) is 11.2 Å². The standard InChI is InChI=1S/C17H25NO/c1-17(2,3)12-16(19)18-10-9-15(13-18)11-14-7-5-4-6-8-14/h4-8,15H,9-13H2,1-3H3. The van der Waals surface area contributed by atoms with E-state index in [-0.39, 0.29) is 5.41 Å². The maximum atomic E-state index is 12.2. The molecule has 0 aliphatic carbocycles. The topological polar surface area (TPSA) is 20.3 Å². The smallest absolute Gasteiger partial charge is 0.223 e. The summed E-state index contributed by atoms with van der Waals surface area (Å²) in [6.07, 6.45) is 2.90. The van der Waals surface area contributed by atoms with Crippen LogP contribution in [0.4, 0.5) is 0 Å². The molecule has 2 heteroatoms. The molecule has 1 atom stereocenters. The summed E-state index contributed by atoms with van der Waals surface area (Å²) in [7, 11) is 0. The average molecular weight is 259 g/mol. The van der Waals surface area contributed by atoms with Crippen molar-refractivity contribution in [3.63, 3.8) is 0 Å². The van der Waals surface area contributed by atoms with Gasteiger partial charge in [-0.25, -0.2) is 0 Å². The quantitative estimate of drug-likeness (QED) is 0.813. The lowest BCUT2D eigenvalue weighted by atomic mass is 9.91. The van der Waals surface area contributed by atoms with Crippen molar-refractivity contribution in [1.82, 2.24) is 4.90 Å². The van der Waals surface area contributed by atoms with Gasteiger partial charge in [0.1, 0.15) is 0 Å². The molecule has 1 aromatic rings. The molecule has 0 aromatic heterocycles. The zero-order chi connectivity index (χ0) is 13.9. The molecule has 104 valence electrons. The van der Waals surface area contributed by atoms with Crippen molar-refractivity contribution >= 4 is 5.91 Å². The summed E-state index contributed by atoms with van der Waals surface area (Å²) in [6, 6.07) is 10.6. The van der Waals surface area contributed by atoms with Crippen LogP contribution in [0.2, 0.25) is 0 Å². The van der Waals surface area contributed by atoms with Crippen molar-refractivity contribution < 1.29 is 4.79 Å². The Balaban J connectivity index is 1.85. The fourth-order valence-corrected chi connectivity index (χ4v) is 2.74. The molecule has 0 saturated carbocycles. The van der Waals surface area contributed by atoms with Crippen LogP contribution >= 0.6 is 0 Å². The molecular formula is C17H25NO. The lowest BCUT2D eigenvalue weighted by Gasteiger charge is -2.23. The molecule has 1 heterocycles. The number of hydrogen-bond donors (Lipinski definition) is 0. The predicted octanol–water partition coefficient (Wildman–Crippen LogP) is 3.51. The SMILES string of the molecule is CC(C)(C)CC(=O)N1CCC(Cc2ccccc2)C1. The minimum Gasteiger partial charge on any atom is -0.342 e. The first-order chi connectivity index (χ1) is 8.94. The number of carbonyl (C=O) groups excluding carboxylic acids is 1. The van der Waals surface area contributed by atoms with Crippen LogP contribution in [0.15, 0.2) is 30.3 Å². The molecule has 0 bridgehead atoms. The van der Waals surface area contributed by atoms with Gasteiger partial charge in [0.15, 0.2) is 0 Å². The Labute approximate surface area is 116 Å². The van der Waals surface area contributed by atoms with E-state index in [1.165, 1.54) is 5.56 Å². The third-order valence-electron chi connectivity index (χ3n) is 3.69. The number of hydrogen-bond acceptors (Lipinski definition) is 1. The number of likely N-dealkylation sites (tertiary alicyclic amines) is 1. The predicted molar refractivity (Wildman–Crippen MR) is 78.9 cm³/mol. The van der Waals surface area contributed by atoms with Crippen LogP contribution in [-0.4, -0.2) is 23.9 Å². The molecule has 1 amide bonds. The van der Waals surface area contributed by atoms with Gasteiger partial charge in [-0.3, -0.25) is 4.79 Å². The van der Waals surface area contributed by atoms with E-state index in [0.717, 1.165) is 25.9 Å². The van der Waals surface area contributed by atoms with Gasteiger partial charge in [0, 0.05) is 19.5 Å². The molecule has 2 nitrogen and oxygen atoms in total. The minimum atomic E-state index is 0.0919. The van der Waals surface area contributed by atoms with Crippen molar-refractivity contribution in [3.05, 3.63) is 35.9 Å². The number of amides is 1. The van der Waals surface area contributed by atoms with Crippen molar-refractivity contribution in [3.8, 4) is 0 Å². The van der Waals surface area contributed by atoms with Gasteiger partial charge in [0.2, 0.25) is 5.91 Å². The summed E-state index contributed by atoms with van der Waals surface area (Å²) in [5.41, 5.74) is 1.48. The largest absolute Gasteiger partial charge is 0.342 e. The summed E-state index contributed by atoms with van der Waals surface area (Å²) in [6.45, 7) is 8.25. The Morgan fingerprint density at radius 3 is 2.58 bits per heavy atom. The molecule has 1 saturated heterocycles. The normalized spacial score (nSPS) is 19.7. The monoisotopic (exact) mass is 259 g/mol. The van der Waals surface area contributed by atoms with Crippen LogP contribution in [0.3, 0.4) is 0 Å². The van der Waals surface area contributed by atoms with Gasteiger partial charge in [-0.2, -0.15) is 0 Å². The van der Waals surface area contributed by atoms with E-state index >= 15 is 0 Å². The Morgan fingerprint density at radius 2 is 1.95 bits per heavy atom. The van der Waals surface area contributed by atoms with E-state index in [9.17, 15) is 4.79 Å². The first kappa shape index (κ1) is 14.1. The summed E-state index contributed by atoms with van der Waals surface area (Å²) in [4.78, 5) is 14.2. The molecule has 1 fully saturated rings. The van der Waals surface area contributed by atoms with Gasteiger partial charge in [-0.1, -0.05) is 51.1 Å². The molecule has 0 N–H and O–H groups in total. The summed E-state index contributed by atoms with van der Waals surface area (Å²) < 4.78 is 0. The molecule has 1 aromatic carbocycles. The highest BCUT2D eigenvalue weighted by Gasteiger charge is 2.28. The second-order valence-corrected chi connectivity index (χ2v) is 6.92. The van der Waals surface area contributed by atoms with Crippen LogP contribution in [0.1, 0.15) is 39.2 Å². The minimum absolute atomic E-state index is 0.0919. The summed E-state index contributed by atoms with van der Waals surface area (Å²) in [5.74, 6) is 0.953. The molecule has 0 radical (unpaired) electrons. The van der Waals surface area contributed by atoms with E-state index in [1.54, 1.807) is 0 Å². The molecule has 19 heavy (non-hydrogen) atoms. The highest BCUT2D eigenvalue weighted by molar-refractivity contribution is 5.77. The van der Waals surface area contributed by atoms with E-state index in [1.807, 2.05) is 0 Å². The third kappa shape index (κ3) is 4.38.